The van der Waals surface area contributed by atoms with E-state index >= 15 is 0 Å². The van der Waals surface area contributed by atoms with Crippen molar-refractivity contribution in [1.82, 2.24) is 0 Å². The number of carboxylic acid groups (broad SMARTS) is 1. The highest BCUT2D eigenvalue weighted by atomic mass is 16.4. The Balaban J connectivity index is 1.59. The summed E-state index contributed by atoms with van der Waals surface area (Å²) in [4.78, 5) is 12.1. The average Bonchev–Trinajstić information content (AvgIpc) is 2.94. The number of hydrogen-bond donors (Lipinski definition) is 2. The van der Waals surface area contributed by atoms with E-state index in [4.69, 9.17) is 0 Å². The van der Waals surface area contributed by atoms with Gasteiger partial charge in [-0.25, -0.2) is 0 Å². The second kappa shape index (κ2) is 3.81. The Hall–Kier alpha value is -0.570. The van der Waals surface area contributed by atoms with Crippen LogP contribution < -0.4 is 0 Å². The Kier molecular flexibility index (Phi) is 2.45. The summed E-state index contributed by atoms with van der Waals surface area (Å²) >= 11 is 0. The molecule has 0 radical (unpaired) electrons. The van der Waals surface area contributed by atoms with Crippen molar-refractivity contribution in [2.75, 3.05) is 0 Å². The Labute approximate surface area is 138 Å². The lowest BCUT2D eigenvalue weighted by Crippen LogP contribution is -2.64. The third kappa shape index (κ3) is 1.38. The standard InChI is InChI=1S/C20H30O3/c1-17(16(22)23)6-5-15(21)19(3)13(17)4-7-20-9-12-11(8-14(19)20)18(12,2)10-20/h11-15,21H,4-10H2,1-3H3,(H,22,23)/t11-,12+,13-,14+,15+,17+,18-,19-,20+/m1/s1. The van der Waals surface area contributed by atoms with Crippen LogP contribution in [0.25, 0.3) is 0 Å². The van der Waals surface area contributed by atoms with Gasteiger partial charge in [0, 0.05) is 5.41 Å². The topological polar surface area (TPSA) is 57.5 Å². The minimum atomic E-state index is -0.650. The van der Waals surface area contributed by atoms with Crippen LogP contribution in [-0.4, -0.2) is 22.3 Å². The lowest BCUT2D eigenvalue weighted by Gasteiger charge is -2.66. The number of carboxylic acids is 1. The first kappa shape index (κ1) is 14.7. The van der Waals surface area contributed by atoms with E-state index in [0.29, 0.717) is 29.6 Å². The summed E-state index contributed by atoms with van der Waals surface area (Å²) in [6.07, 6.45) is 7.13. The number of fused-ring (bicyclic) bond motifs is 1. The number of aliphatic carboxylic acids is 1. The maximum atomic E-state index is 12.1. The fraction of sp³-hybridized carbons (Fsp3) is 0.950. The Morgan fingerprint density at radius 1 is 1.04 bits per heavy atom. The molecule has 6 fully saturated rings. The molecule has 128 valence electrons. The molecule has 23 heavy (non-hydrogen) atoms. The highest BCUT2D eigenvalue weighted by Crippen LogP contribution is 2.85. The van der Waals surface area contributed by atoms with Gasteiger partial charge in [-0.3, -0.25) is 4.79 Å². The third-order valence-electron chi connectivity index (χ3n) is 10.0. The summed E-state index contributed by atoms with van der Waals surface area (Å²) in [5, 5.41) is 20.9. The van der Waals surface area contributed by atoms with Gasteiger partial charge in [0.2, 0.25) is 0 Å². The molecular formula is C20H30O3. The van der Waals surface area contributed by atoms with Gasteiger partial charge in [-0.2, -0.15) is 0 Å². The predicted molar refractivity (Wildman–Crippen MR) is 86.7 cm³/mol. The van der Waals surface area contributed by atoms with E-state index < -0.39 is 11.4 Å². The maximum Gasteiger partial charge on any atom is 0.309 e. The first-order valence-electron chi connectivity index (χ1n) is 9.60. The molecule has 9 atom stereocenters. The molecule has 6 saturated carbocycles. The molecule has 0 aromatic carbocycles. The largest absolute Gasteiger partial charge is 0.481 e. The van der Waals surface area contributed by atoms with Gasteiger partial charge in [0.25, 0.3) is 0 Å². The smallest absolute Gasteiger partial charge is 0.309 e. The molecular weight excluding hydrogens is 288 g/mol. The second-order valence-electron chi connectivity index (χ2n) is 10.5. The van der Waals surface area contributed by atoms with Crippen LogP contribution in [0.15, 0.2) is 0 Å². The Morgan fingerprint density at radius 2 is 1.78 bits per heavy atom. The van der Waals surface area contributed by atoms with Crippen LogP contribution in [0.4, 0.5) is 0 Å². The van der Waals surface area contributed by atoms with Crippen LogP contribution in [0.2, 0.25) is 0 Å². The van der Waals surface area contributed by atoms with Gasteiger partial charge < -0.3 is 10.2 Å². The summed E-state index contributed by atoms with van der Waals surface area (Å²) in [5.41, 5.74) is 0.161. The number of rotatable bonds is 1. The molecule has 0 saturated heterocycles. The number of hydrogen-bond acceptors (Lipinski definition) is 2. The molecule has 3 heteroatoms. The zero-order chi connectivity index (χ0) is 16.4. The van der Waals surface area contributed by atoms with Crippen LogP contribution in [0.5, 0.6) is 0 Å². The minimum absolute atomic E-state index is 0.133. The van der Waals surface area contributed by atoms with Crippen molar-refractivity contribution in [3.63, 3.8) is 0 Å². The van der Waals surface area contributed by atoms with E-state index in [2.05, 4.69) is 13.8 Å². The zero-order valence-electron chi connectivity index (χ0n) is 14.6. The van der Waals surface area contributed by atoms with E-state index in [1.54, 1.807) is 0 Å². The minimum Gasteiger partial charge on any atom is -0.481 e. The van der Waals surface area contributed by atoms with Crippen LogP contribution >= 0.6 is 0 Å². The van der Waals surface area contributed by atoms with Crippen molar-refractivity contribution in [3.8, 4) is 0 Å². The van der Waals surface area contributed by atoms with Crippen LogP contribution in [0, 0.1) is 45.3 Å². The average molecular weight is 318 g/mol. The van der Waals surface area contributed by atoms with Crippen molar-refractivity contribution in [1.29, 1.82) is 0 Å². The van der Waals surface area contributed by atoms with Crippen molar-refractivity contribution in [3.05, 3.63) is 0 Å². The highest BCUT2D eigenvalue weighted by Gasteiger charge is 2.79. The lowest BCUT2D eigenvalue weighted by molar-refractivity contribution is -0.219. The molecule has 0 heterocycles. The molecule has 0 aromatic heterocycles. The quantitative estimate of drug-likeness (QED) is 0.775. The second-order valence-corrected chi connectivity index (χ2v) is 10.5. The normalized spacial score (nSPS) is 65.7. The summed E-state index contributed by atoms with van der Waals surface area (Å²) in [6.45, 7) is 6.70. The molecule has 4 bridgehead atoms. The van der Waals surface area contributed by atoms with Crippen LogP contribution in [0.3, 0.4) is 0 Å². The summed E-state index contributed by atoms with van der Waals surface area (Å²) in [5.74, 6) is 1.82. The lowest BCUT2D eigenvalue weighted by atomic mass is 9.39. The Morgan fingerprint density at radius 3 is 2.39 bits per heavy atom. The van der Waals surface area contributed by atoms with E-state index in [0.717, 1.165) is 18.3 Å². The first-order valence-corrected chi connectivity index (χ1v) is 9.60. The van der Waals surface area contributed by atoms with Gasteiger partial charge >= 0.3 is 5.97 Å². The van der Waals surface area contributed by atoms with Gasteiger partial charge in [0.1, 0.15) is 0 Å². The fourth-order valence-corrected chi connectivity index (χ4v) is 8.78. The number of aliphatic hydroxyl groups excluding tert-OH is 1. The molecule has 0 amide bonds. The maximum absolute atomic E-state index is 12.1. The summed E-state index contributed by atoms with van der Waals surface area (Å²) in [7, 11) is 0. The molecule has 3 nitrogen and oxygen atoms in total. The van der Waals surface area contributed by atoms with Crippen molar-refractivity contribution < 1.29 is 15.0 Å². The van der Waals surface area contributed by atoms with Gasteiger partial charge in [0.15, 0.2) is 0 Å². The third-order valence-corrected chi connectivity index (χ3v) is 10.0. The van der Waals surface area contributed by atoms with E-state index in [1.807, 2.05) is 6.92 Å². The monoisotopic (exact) mass is 318 g/mol. The van der Waals surface area contributed by atoms with Gasteiger partial charge in [0.05, 0.1) is 11.5 Å². The first-order chi connectivity index (χ1) is 10.7. The van der Waals surface area contributed by atoms with Crippen molar-refractivity contribution in [2.45, 2.75) is 71.8 Å². The highest BCUT2D eigenvalue weighted by molar-refractivity contribution is 5.75. The molecule has 6 aliphatic rings. The molecule has 0 aromatic rings. The number of aliphatic hydroxyl groups is 1. The van der Waals surface area contributed by atoms with Crippen LogP contribution in [-0.2, 0) is 4.79 Å². The molecule has 6 aliphatic carbocycles. The van der Waals surface area contributed by atoms with E-state index in [9.17, 15) is 15.0 Å². The molecule has 6 rings (SSSR count). The number of carbonyl (C=O) groups is 1. The van der Waals surface area contributed by atoms with Crippen LogP contribution in [0.1, 0.15) is 65.7 Å². The zero-order valence-corrected chi connectivity index (χ0v) is 14.6. The van der Waals surface area contributed by atoms with E-state index in [-0.39, 0.29) is 17.4 Å². The molecule has 1 spiro atoms. The molecule has 2 N–H and O–H groups in total. The van der Waals surface area contributed by atoms with Crippen molar-refractivity contribution >= 4 is 5.97 Å². The van der Waals surface area contributed by atoms with Gasteiger partial charge in [-0.15, -0.1) is 0 Å². The van der Waals surface area contributed by atoms with Crippen molar-refractivity contribution in [2.24, 2.45) is 45.3 Å². The summed E-state index contributed by atoms with van der Waals surface area (Å²) in [6, 6.07) is 0. The predicted octanol–water partition coefficient (Wildman–Crippen LogP) is 3.70. The van der Waals surface area contributed by atoms with Gasteiger partial charge in [-0.1, -0.05) is 13.8 Å². The van der Waals surface area contributed by atoms with E-state index in [1.165, 1.54) is 25.7 Å². The Bertz CT molecular complexity index is 602. The van der Waals surface area contributed by atoms with Gasteiger partial charge in [-0.05, 0) is 86.4 Å². The molecule has 0 aliphatic heterocycles. The molecule has 0 unspecified atom stereocenters. The fourth-order valence-electron chi connectivity index (χ4n) is 8.78. The summed E-state index contributed by atoms with van der Waals surface area (Å²) < 4.78 is 0. The SMILES string of the molecule is C[C@@]12C[C@@]34CC[C@H]5[C@](C)([C@@H]3C[C@@H]1[C@@H]2C4)[C@@H](O)CC[C@]5(C)C(=O)O.